The van der Waals surface area contributed by atoms with Gasteiger partial charge in [0.2, 0.25) is 0 Å². The molecule has 3 nitrogen and oxygen atoms in total. The van der Waals surface area contributed by atoms with Crippen molar-refractivity contribution in [3.63, 3.8) is 0 Å². The molecule has 0 aromatic carbocycles. The summed E-state index contributed by atoms with van der Waals surface area (Å²) >= 11 is 0. The molecule has 1 aliphatic rings. The molecule has 1 aliphatic carbocycles. The summed E-state index contributed by atoms with van der Waals surface area (Å²) in [4.78, 5) is 7.98. The highest BCUT2D eigenvalue weighted by Gasteiger charge is 2.40. The second-order valence-corrected chi connectivity index (χ2v) is 3.45. The minimum absolute atomic E-state index is 0.366. The zero-order chi connectivity index (χ0) is 8.44. The fourth-order valence-corrected chi connectivity index (χ4v) is 1.48. The molecule has 1 heterocycles. The zero-order valence-electron chi connectivity index (χ0n) is 7.25. The van der Waals surface area contributed by atoms with E-state index in [9.17, 15) is 0 Å². The monoisotopic (exact) mass is 163 g/mol. The van der Waals surface area contributed by atoms with E-state index < -0.39 is 0 Å². The summed E-state index contributed by atoms with van der Waals surface area (Å²) in [7, 11) is 2.02. The van der Waals surface area contributed by atoms with E-state index in [1.54, 1.807) is 6.33 Å². The summed E-state index contributed by atoms with van der Waals surface area (Å²) < 4.78 is 0. The van der Waals surface area contributed by atoms with Gasteiger partial charge in [0.1, 0.15) is 6.33 Å². The number of rotatable bonds is 3. The van der Waals surface area contributed by atoms with Crippen molar-refractivity contribution >= 4 is 0 Å². The van der Waals surface area contributed by atoms with Crippen molar-refractivity contribution in [3.8, 4) is 0 Å². The largest absolute Gasteiger partial charge is 0.314 e. The van der Waals surface area contributed by atoms with E-state index in [4.69, 9.17) is 0 Å². The first-order valence-electron chi connectivity index (χ1n) is 4.27. The molecule has 2 rings (SSSR count). The third kappa shape index (κ3) is 1.46. The van der Waals surface area contributed by atoms with Gasteiger partial charge in [-0.3, -0.25) is 0 Å². The highest BCUT2D eigenvalue weighted by atomic mass is 15.0. The molecule has 0 atom stereocenters. The summed E-state index contributed by atoms with van der Waals surface area (Å²) in [6.07, 6.45) is 8.97. The topological polar surface area (TPSA) is 37.8 Å². The molecule has 1 aromatic rings. The molecule has 64 valence electrons. The Bertz CT molecular complexity index is 254. The van der Waals surface area contributed by atoms with Crippen LogP contribution < -0.4 is 5.32 Å². The molecule has 1 fully saturated rings. The van der Waals surface area contributed by atoms with E-state index in [-0.39, 0.29) is 0 Å². The number of hydrogen-bond donors (Lipinski definition) is 1. The molecular formula is C9H13N3. The summed E-state index contributed by atoms with van der Waals surface area (Å²) in [5.74, 6) is 0. The van der Waals surface area contributed by atoms with E-state index in [0.717, 1.165) is 6.42 Å². The predicted molar refractivity (Wildman–Crippen MR) is 46.8 cm³/mol. The molecule has 12 heavy (non-hydrogen) atoms. The van der Waals surface area contributed by atoms with Gasteiger partial charge in [-0.05, 0) is 31.9 Å². The Kier molecular flexibility index (Phi) is 1.81. The minimum atomic E-state index is 0.366. The lowest BCUT2D eigenvalue weighted by atomic mass is 10.1. The van der Waals surface area contributed by atoms with Gasteiger partial charge in [0, 0.05) is 17.9 Å². The third-order valence-electron chi connectivity index (χ3n) is 2.54. The highest BCUT2D eigenvalue weighted by Crippen LogP contribution is 2.37. The summed E-state index contributed by atoms with van der Waals surface area (Å²) in [6.45, 7) is 0. The highest BCUT2D eigenvalue weighted by molar-refractivity contribution is 5.14. The Hall–Kier alpha value is -0.960. The molecule has 1 saturated carbocycles. The summed E-state index contributed by atoms with van der Waals surface area (Å²) in [5.41, 5.74) is 1.59. The van der Waals surface area contributed by atoms with Crippen LogP contribution in [0.5, 0.6) is 0 Å². The predicted octanol–water partition coefficient (Wildman–Crippen LogP) is 0.771. The molecule has 0 aliphatic heterocycles. The zero-order valence-corrected chi connectivity index (χ0v) is 7.25. The van der Waals surface area contributed by atoms with Gasteiger partial charge in [0.25, 0.3) is 0 Å². The van der Waals surface area contributed by atoms with Crippen LogP contribution in [0.15, 0.2) is 18.7 Å². The van der Waals surface area contributed by atoms with Crippen LogP contribution in [-0.2, 0) is 6.42 Å². The van der Waals surface area contributed by atoms with Crippen LogP contribution in [0.25, 0.3) is 0 Å². The average molecular weight is 163 g/mol. The Balaban J connectivity index is 2.04. The molecule has 1 N–H and O–H groups in total. The lowest BCUT2D eigenvalue weighted by Crippen LogP contribution is -2.29. The van der Waals surface area contributed by atoms with Crippen molar-refractivity contribution in [1.29, 1.82) is 0 Å². The standard InChI is InChI=1S/C9H13N3/c1-10-9(2-3-9)4-8-5-11-7-12-6-8/h5-7,10H,2-4H2,1H3. The van der Waals surface area contributed by atoms with Crippen molar-refractivity contribution in [2.75, 3.05) is 7.05 Å². The molecule has 3 heteroatoms. The molecule has 0 unspecified atom stereocenters. The van der Waals surface area contributed by atoms with Crippen LogP contribution in [0.1, 0.15) is 18.4 Å². The Morgan fingerprint density at radius 2 is 2.08 bits per heavy atom. The first-order valence-corrected chi connectivity index (χ1v) is 4.27. The smallest absolute Gasteiger partial charge is 0.115 e. The average Bonchev–Trinajstić information content (AvgIpc) is 2.88. The summed E-state index contributed by atoms with van der Waals surface area (Å²) in [5, 5.41) is 3.35. The van der Waals surface area contributed by atoms with Gasteiger partial charge in [0.15, 0.2) is 0 Å². The quantitative estimate of drug-likeness (QED) is 0.715. The molecule has 0 radical (unpaired) electrons. The fraction of sp³-hybridized carbons (Fsp3) is 0.556. The van der Waals surface area contributed by atoms with E-state index in [1.165, 1.54) is 18.4 Å². The molecule has 0 bridgehead atoms. The second kappa shape index (κ2) is 2.83. The molecule has 0 saturated heterocycles. The van der Waals surface area contributed by atoms with Crippen LogP contribution in [0, 0.1) is 0 Å². The first-order chi connectivity index (χ1) is 5.85. The van der Waals surface area contributed by atoms with E-state index in [0.29, 0.717) is 5.54 Å². The summed E-state index contributed by atoms with van der Waals surface area (Å²) in [6, 6.07) is 0. The molecular weight excluding hydrogens is 150 g/mol. The maximum absolute atomic E-state index is 3.99. The maximum atomic E-state index is 3.99. The van der Waals surface area contributed by atoms with Crippen molar-refractivity contribution in [1.82, 2.24) is 15.3 Å². The SMILES string of the molecule is CNC1(Cc2cncnc2)CC1. The molecule has 0 spiro atoms. The third-order valence-corrected chi connectivity index (χ3v) is 2.54. The lowest BCUT2D eigenvalue weighted by molar-refractivity contribution is 0.547. The normalized spacial score (nSPS) is 19.1. The van der Waals surface area contributed by atoms with Crippen LogP contribution in [0.3, 0.4) is 0 Å². The van der Waals surface area contributed by atoms with Gasteiger partial charge in [-0.2, -0.15) is 0 Å². The van der Waals surface area contributed by atoms with Gasteiger partial charge < -0.3 is 5.32 Å². The number of aromatic nitrogens is 2. The Labute approximate surface area is 72.2 Å². The van der Waals surface area contributed by atoms with E-state index >= 15 is 0 Å². The van der Waals surface area contributed by atoms with Crippen LogP contribution in [0.4, 0.5) is 0 Å². The van der Waals surface area contributed by atoms with Crippen LogP contribution in [0.2, 0.25) is 0 Å². The van der Waals surface area contributed by atoms with Crippen molar-refractivity contribution in [2.24, 2.45) is 0 Å². The molecule has 1 aromatic heterocycles. The minimum Gasteiger partial charge on any atom is -0.314 e. The number of hydrogen-bond acceptors (Lipinski definition) is 3. The van der Waals surface area contributed by atoms with Gasteiger partial charge in [-0.15, -0.1) is 0 Å². The first kappa shape index (κ1) is 7.68. The number of likely N-dealkylation sites (N-methyl/N-ethyl adjacent to an activating group) is 1. The number of nitrogens with zero attached hydrogens (tertiary/aromatic N) is 2. The van der Waals surface area contributed by atoms with Gasteiger partial charge in [0.05, 0.1) is 0 Å². The van der Waals surface area contributed by atoms with E-state index in [2.05, 4.69) is 15.3 Å². The van der Waals surface area contributed by atoms with E-state index in [1.807, 2.05) is 19.4 Å². The molecule has 0 amide bonds. The van der Waals surface area contributed by atoms with Gasteiger partial charge in [-0.25, -0.2) is 9.97 Å². The maximum Gasteiger partial charge on any atom is 0.115 e. The van der Waals surface area contributed by atoms with Gasteiger partial charge in [-0.1, -0.05) is 0 Å². The van der Waals surface area contributed by atoms with Gasteiger partial charge >= 0.3 is 0 Å². The van der Waals surface area contributed by atoms with Crippen molar-refractivity contribution in [2.45, 2.75) is 24.8 Å². The Morgan fingerprint density at radius 3 is 2.58 bits per heavy atom. The fourth-order valence-electron chi connectivity index (χ4n) is 1.48. The lowest BCUT2D eigenvalue weighted by Gasteiger charge is -2.12. The van der Waals surface area contributed by atoms with Crippen molar-refractivity contribution in [3.05, 3.63) is 24.3 Å². The van der Waals surface area contributed by atoms with Crippen molar-refractivity contribution < 1.29 is 0 Å². The van der Waals surface area contributed by atoms with Crippen LogP contribution >= 0.6 is 0 Å². The second-order valence-electron chi connectivity index (χ2n) is 3.45. The van der Waals surface area contributed by atoms with Crippen LogP contribution in [-0.4, -0.2) is 22.6 Å². The number of nitrogens with one attached hydrogen (secondary N) is 1. The Morgan fingerprint density at radius 1 is 1.42 bits per heavy atom.